The first kappa shape index (κ1) is 17.4. The van der Waals surface area contributed by atoms with Crippen molar-refractivity contribution in [2.45, 2.75) is 25.8 Å². The number of aromatic nitrogens is 1. The number of carbonyl (C=O) groups excluding carboxylic acids is 1. The molecule has 0 bridgehead atoms. The number of allylic oxidation sites excluding steroid dienone is 3. The molecule has 1 aliphatic rings. The van der Waals surface area contributed by atoms with Crippen molar-refractivity contribution >= 4 is 22.2 Å². The van der Waals surface area contributed by atoms with Crippen LogP contribution >= 0.6 is 11.3 Å². The molecule has 0 aromatic carbocycles. The summed E-state index contributed by atoms with van der Waals surface area (Å²) in [4.78, 5) is 16.6. The van der Waals surface area contributed by atoms with E-state index in [0.717, 1.165) is 36.5 Å². The predicted molar refractivity (Wildman–Crippen MR) is 97.1 cm³/mol. The van der Waals surface area contributed by atoms with Gasteiger partial charge in [-0.2, -0.15) is 0 Å². The Bertz CT molecular complexity index is 585. The minimum Gasteiger partial charge on any atom is -0.371 e. The number of rotatable bonds is 7. The van der Waals surface area contributed by atoms with E-state index in [1.165, 1.54) is 11.3 Å². The van der Waals surface area contributed by atoms with Crippen molar-refractivity contribution in [2.75, 3.05) is 25.0 Å². The third-order valence-electron chi connectivity index (χ3n) is 3.67. The number of nitrogens with zero attached hydrogens (tertiary/aromatic N) is 1. The van der Waals surface area contributed by atoms with E-state index in [-0.39, 0.29) is 11.9 Å². The second kappa shape index (κ2) is 9.27. The van der Waals surface area contributed by atoms with Gasteiger partial charge in [0, 0.05) is 12.6 Å². The summed E-state index contributed by atoms with van der Waals surface area (Å²) in [7, 11) is 0. The van der Waals surface area contributed by atoms with Gasteiger partial charge in [0.25, 0.3) is 5.91 Å². The molecule has 124 valence electrons. The lowest BCUT2D eigenvalue weighted by Gasteiger charge is -2.23. The summed E-state index contributed by atoms with van der Waals surface area (Å²) in [5.74, 6) is -0.0989. The molecule has 23 heavy (non-hydrogen) atoms. The molecule has 5 nitrogen and oxygen atoms in total. The average Bonchev–Trinajstić information content (AvgIpc) is 3.04. The maximum atomic E-state index is 12.4. The van der Waals surface area contributed by atoms with Crippen LogP contribution in [0.4, 0.5) is 5.00 Å². The van der Waals surface area contributed by atoms with Crippen molar-refractivity contribution in [3.8, 4) is 0 Å². The Morgan fingerprint density at radius 2 is 2.30 bits per heavy atom. The molecule has 1 aromatic rings. The molecule has 1 aliphatic heterocycles. The van der Waals surface area contributed by atoms with Crippen molar-refractivity contribution in [1.29, 1.82) is 0 Å². The molecule has 0 spiro atoms. The Hall–Kier alpha value is -1.92. The Balaban J connectivity index is 1.95. The highest BCUT2D eigenvalue weighted by Crippen LogP contribution is 2.21. The van der Waals surface area contributed by atoms with Crippen LogP contribution in [0.2, 0.25) is 0 Å². The summed E-state index contributed by atoms with van der Waals surface area (Å²) >= 11 is 1.44. The largest absolute Gasteiger partial charge is 0.371 e. The molecular weight excluding hydrogens is 308 g/mol. The Morgan fingerprint density at radius 1 is 1.52 bits per heavy atom. The fraction of sp³-hybridized carbons (Fsp3) is 0.412. The fourth-order valence-electron chi connectivity index (χ4n) is 2.35. The van der Waals surface area contributed by atoms with Gasteiger partial charge < -0.3 is 16.0 Å². The zero-order valence-corrected chi connectivity index (χ0v) is 14.3. The molecule has 1 amide bonds. The fourth-order valence-corrected chi connectivity index (χ4v) is 3.03. The molecule has 1 saturated heterocycles. The number of thiazole rings is 1. The SMILES string of the molecule is C=C/C(=C\C=C/C)CNc1scnc1C(=O)NC1CCNCC1. The monoisotopic (exact) mass is 332 g/mol. The first-order valence-electron chi connectivity index (χ1n) is 7.87. The molecule has 0 saturated carbocycles. The molecule has 3 N–H and O–H groups in total. The molecule has 6 heteroatoms. The van der Waals surface area contributed by atoms with E-state index in [9.17, 15) is 4.79 Å². The lowest BCUT2D eigenvalue weighted by molar-refractivity contribution is 0.0926. The van der Waals surface area contributed by atoms with Crippen molar-refractivity contribution in [3.63, 3.8) is 0 Å². The number of nitrogens with one attached hydrogen (secondary N) is 3. The normalized spacial score (nSPS) is 16.5. The summed E-state index contributed by atoms with van der Waals surface area (Å²) in [5, 5.41) is 10.4. The highest BCUT2D eigenvalue weighted by molar-refractivity contribution is 7.14. The van der Waals surface area contributed by atoms with Crippen LogP contribution in [0.25, 0.3) is 0 Å². The molecule has 0 unspecified atom stereocenters. The van der Waals surface area contributed by atoms with E-state index < -0.39 is 0 Å². The predicted octanol–water partition coefficient (Wildman–Crippen LogP) is 2.73. The quantitative estimate of drug-likeness (QED) is 0.672. The molecule has 2 heterocycles. The third kappa shape index (κ3) is 5.33. The lowest BCUT2D eigenvalue weighted by Crippen LogP contribution is -2.42. The first-order chi connectivity index (χ1) is 11.2. The zero-order valence-electron chi connectivity index (χ0n) is 13.5. The average molecular weight is 332 g/mol. The smallest absolute Gasteiger partial charge is 0.273 e. The van der Waals surface area contributed by atoms with E-state index in [4.69, 9.17) is 0 Å². The molecule has 2 rings (SSSR count). The van der Waals surface area contributed by atoms with Crippen LogP contribution in [0.5, 0.6) is 0 Å². The van der Waals surface area contributed by atoms with E-state index >= 15 is 0 Å². The van der Waals surface area contributed by atoms with Gasteiger partial charge in [0.2, 0.25) is 0 Å². The first-order valence-corrected chi connectivity index (χ1v) is 8.75. The van der Waals surface area contributed by atoms with Gasteiger partial charge in [0.1, 0.15) is 5.00 Å². The third-order valence-corrected chi connectivity index (χ3v) is 4.46. The molecule has 0 aliphatic carbocycles. The minimum absolute atomic E-state index is 0.0989. The highest BCUT2D eigenvalue weighted by Gasteiger charge is 2.20. The Kier molecular flexibility index (Phi) is 7.03. The van der Waals surface area contributed by atoms with Crippen LogP contribution in [-0.2, 0) is 0 Å². The summed E-state index contributed by atoms with van der Waals surface area (Å²) in [6.07, 6.45) is 9.67. The van der Waals surface area contributed by atoms with Gasteiger partial charge >= 0.3 is 0 Å². The van der Waals surface area contributed by atoms with Gasteiger partial charge in [0.05, 0.1) is 5.51 Å². The number of hydrogen-bond acceptors (Lipinski definition) is 5. The van der Waals surface area contributed by atoms with E-state index in [1.807, 2.05) is 31.2 Å². The van der Waals surface area contributed by atoms with Crippen LogP contribution in [0.15, 0.2) is 42.0 Å². The van der Waals surface area contributed by atoms with Gasteiger partial charge in [0.15, 0.2) is 5.69 Å². The number of piperidine rings is 1. The maximum Gasteiger partial charge on any atom is 0.273 e. The molecule has 1 fully saturated rings. The standard InChI is InChI=1S/C17H24N4OS/c1-3-5-6-13(4-2)11-19-17-15(20-12-23-17)16(22)21-14-7-9-18-10-8-14/h3-6,12,14,18-19H,2,7-11H2,1H3,(H,21,22)/b5-3-,13-6+. The molecular formula is C17H24N4OS. The molecule has 0 radical (unpaired) electrons. The van der Waals surface area contributed by atoms with Gasteiger partial charge in [-0.15, -0.1) is 11.3 Å². The topological polar surface area (TPSA) is 66.0 Å². The van der Waals surface area contributed by atoms with Gasteiger partial charge in [-0.05, 0) is 38.4 Å². The zero-order chi connectivity index (χ0) is 16.5. The van der Waals surface area contributed by atoms with Gasteiger partial charge in [-0.1, -0.05) is 30.9 Å². The van der Waals surface area contributed by atoms with Crippen molar-refractivity contribution in [3.05, 3.63) is 47.7 Å². The van der Waals surface area contributed by atoms with Crippen LogP contribution < -0.4 is 16.0 Å². The molecule has 0 atom stereocenters. The summed E-state index contributed by atoms with van der Waals surface area (Å²) in [6.45, 7) is 8.29. The van der Waals surface area contributed by atoms with Crippen LogP contribution in [0.1, 0.15) is 30.3 Å². The second-order valence-corrected chi connectivity index (χ2v) is 6.21. The number of amides is 1. The van der Waals surface area contributed by atoms with Crippen molar-refractivity contribution in [1.82, 2.24) is 15.6 Å². The van der Waals surface area contributed by atoms with Crippen LogP contribution in [0.3, 0.4) is 0 Å². The van der Waals surface area contributed by atoms with Crippen molar-refractivity contribution < 1.29 is 4.79 Å². The van der Waals surface area contributed by atoms with Crippen LogP contribution in [-0.4, -0.2) is 36.6 Å². The summed E-state index contributed by atoms with van der Waals surface area (Å²) in [6, 6.07) is 0.233. The maximum absolute atomic E-state index is 12.4. The number of carbonyl (C=O) groups is 1. The van der Waals surface area contributed by atoms with E-state index in [2.05, 4.69) is 27.5 Å². The Labute approximate surface area is 141 Å². The summed E-state index contributed by atoms with van der Waals surface area (Å²) < 4.78 is 0. The molecule has 1 aromatic heterocycles. The number of anilines is 1. The highest BCUT2D eigenvalue weighted by atomic mass is 32.1. The summed E-state index contributed by atoms with van der Waals surface area (Å²) in [5.41, 5.74) is 3.23. The van der Waals surface area contributed by atoms with Crippen molar-refractivity contribution in [2.24, 2.45) is 0 Å². The van der Waals surface area contributed by atoms with E-state index in [0.29, 0.717) is 12.2 Å². The van der Waals surface area contributed by atoms with Gasteiger partial charge in [-0.25, -0.2) is 4.98 Å². The lowest BCUT2D eigenvalue weighted by atomic mass is 10.1. The van der Waals surface area contributed by atoms with Gasteiger partial charge in [-0.3, -0.25) is 4.79 Å². The van der Waals surface area contributed by atoms with E-state index in [1.54, 1.807) is 5.51 Å². The second-order valence-electron chi connectivity index (χ2n) is 5.35. The minimum atomic E-state index is -0.0989. The van der Waals surface area contributed by atoms with Crippen LogP contribution in [0, 0.1) is 0 Å². The number of hydrogen-bond donors (Lipinski definition) is 3. The Morgan fingerprint density at radius 3 is 3.00 bits per heavy atom.